The lowest BCUT2D eigenvalue weighted by atomic mass is 10.1. The first-order valence-corrected chi connectivity index (χ1v) is 11.7. The van der Waals surface area contributed by atoms with E-state index in [9.17, 15) is 9.59 Å². The Morgan fingerprint density at radius 2 is 1.81 bits per heavy atom. The lowest BCUT2D eigenvalue weighted by Gasteiger charge is -2.31. The second-order valence-electron chi connectivity index (χ2n) is 8.41. The zero-order valence-electron chi connectivity index (χ0n) is 18.8. The fraction of sp³-hybridized carbons (Fsp3) is 0.417. The number of thioether (sulfide) groups is 1. The highest BCUT2D eigenvalue weighted by Crippen LogP contribution is 2.19. The average Bonchev–Trinajstić information content (AvgIpc) is 2.70. The van der Waals surface area contributed by atoms with Crippen molar-refractivity contribution in [3.8, 4) is 5.75 Å². The smallest absolute Gasteiger partial charge is 0.242 e. The first kappa shape index (κ1) is 25.1. The number of methoxy groups -OCH3 is 1. The van der Waals surface area contributed by atoms with E-state index in [0.717, 1.165) is 16.9 Å². The summed E-state index contributed by atoms with van der Waals surface area (Å²) in [6.07, 6.45) is 0. The highest BCUT2D eigenvalue weighted by atomic mass is 35.5. The third-order valence-corrected chi connectivity index (χ3v) is 5.78. The Morgan fingerprint density at radius 1 is 1.13 bits per heavy atom. The summed E-state index contributed by atoms with van der Waals surface area (Å²) < 4.78 is 5.18. The van der Waals surface area contributed by atoms with Crippen molar-refractivity contribution in [1.29, 1.82) is 0 Å². The van der Waals surface area contributed by atoms with Crippen LogP contribution in [0.5, 0.6) is 5.75 Å². The number of benzene rings is 2. The van der Waals surface area contributed by atoms with Crippen molar-refractivity contribution < 1.29 is 14.3 Å². The molecule has 2 aromatic rings. The Morgan fingerprint density at radius 3 is 2.39 bits per heavy atom. The molecule has 5 nitrogen and oxygen atoms in total. The molecule has 168 valence electrons. The molecule has 0 radical (unpaired) electrons. The van der Waals surface area contributed by atoms with E-state index in [2.05, 4.69) is 5.32 Å². The molecule has 2 amide bonds. The number of carbonyl (C=O) groups is 2. The molecular formula is C24H31ClN2O3S. The number of halogens is 1. The highest BCUT2D eigenvalue weighted by molar-refractivity contribution is 7.99. The lowest BCUT2D eigenvalue weighted by molar-refractivity contribution is -0.139. The van der Waals surface area contributed by atoms with Crippen LogP contribution in [0.15, 0.2) is 48.5 Å². The largest absolute Gasteiger partial charge is 0.497 e. The van der Waals surface area contributed by atoms with Crippen LogP contribution in [0.1, 0.15) is 38.8 Å². The molecule has 0 bridgehead atoms. The van der Waals surface area contributed by atoms with Crippen LogP contribution >= 0.6 is 23.4 Å². The molecule has 0 aromatic heterocycles. The summed E-state index contributed by atoms with van der Waals surface area (Å²) in [4.78, 5) is 27.5. The molecule has 0 heterocycles. The quantitative estimate of drug-likeness (QED) is 0.575. The monoisotopic (exact) mass is 462 g/mol. The minimum Gasteiger partial charge on any atom is -0.497 e. The number of ether oxygens (including phenoxy) is 1. The van der Waals surface area contributed by atoms with E-state index in [4.69, 9.17) is 16.3 Å². The fourth-order valence-electron chi connectivity index (χ4n) is 2.95. The van der Waals surface area contributed by atoms with Gasteiger partial charge in [0.2, 0.25) is 11.8 Å². The minimum atomic E-state index is -0.604. The van der Waals surface area contributed by atoms with E-state index >= 15 is 0 Å². The summed E-state index contributed by atoms with van der Waals surface area (Å²) in [5.74, 6) is 1.51. The molecule has 0 fully saturated rings. The summed E-state index contributed by atoms with van der Waals surface area (Å²) >= 11 is 7.64. The van der Waals surface area contributed by atoms with Crippen molar-refractivity contribution in [2.75, 3.05) is 12.9 Å². The van der Waals surface area contributed by atoms with Crippen LogP contribution in [0.2, 0.25) is 5.02 Å². The Labute approximate surface area is 194 Å². The summed E-state index contributed by atoms with van der Waals surface area (Å²) in [6, 6.07) is 14.5. The van der Waals surface area contributed by atoms with Crippen molar-refractivity contribution in [2.45, 2.75) is 51.6 Å². The average molecular weight is 463 g/mol. The van der Waals surface area contributed by atoms with Crippen LogP contribution < -0.4 is 10.1 Å². The molecule has 2 rings (SSSR count). The maximum Gasteiger partial charge on any atom is 0.242 e. The number of rotatable bonds is 9. The number of nitrogens with zero attached hydrogens (tertiary/aromatic N) is 1. The van der Waals surface area contributed by atoms with Crippen LogP contribution in [0.3, 0.4) is 0 Å². The molecule has 0 saturated carbocycles. The molecule has 0 aliphatic carbocycles. The first-order chi connectivity index (χ1) is 14.6. The predicted octanol–water partition coefficient (Wildman–Crippen LogP) is 4.91. The van der Waals surface area contributed by atoms with Crippen LogP contribution in [-0.4, -0.2) is 41.2 Å². The van der Waals surface area contributed by atoms with Gasteiger partial charge in [0, 0.05) is 22.9 Å². The van der Waals surface area contributed by atoms with Crippen molar-refractivity contribution in [3.05, 3.63) is 64.7 Å². The predicted molar refractivity (Wildman–Crippen MR) is 129 cm³/mol. The SMILES string of the molecule is COc1ccc(CSCC(=O)N(Cc2cccc(Cl)c2)C(C)C(=O)NC(C)(C)C)cc1. The molecule has 2 aromatic carbocycles. The zero-order chi connectivity index (χ0) is 23.0. The summed E-state index contributed by atoms with van der Waals surface area (Å²) in [7, 11) is 1.63. The molecule has 1 unspecified atom stereocenters. The van der Waals surface area contributed by atoms with Gasteiger partial charge in [-0.3, -0.25) is 9.59 Å². The van der Waals surface area contributed by atoms with Gasteiger partial charge in [0.15, 0.2) is 0 Å². The van der Waals surface area contributed by atoms with E-state index in [0.29, 0.717) is 17.3 Å². The van der Waals surface area contributed by atoms with Gasteiger partial charge in [0.05, 0.1) is 12.9 Å². The number of carbonyl (C=O) groups excluding carboxylic acids is 2. The molecule has 0 aliphatic heterocycles. The van der Waals surface area contributed by atoms with Crippen molar-refractivity contribution in [2.24, 2.45) is 0 Å². The Balaban J connectivity index is 2.07. The van der Waals surface area contributed by atoms with Gasteiger partial charge in [-0.1, -0.05) is 35.9 Å². The van der Waals surface area contributed by atoms with E-state index in [1.807, 2.05) is 63.2 Å². The molecule has 1 N–H and O–H groups in total. The van der Waals surface area contributed by atoms with Crippen molar-refractivity contribution >= 4 is 35.2 Å². The normalized spacial score (nSPS) is 12.2. The lowest BCUT2D eigenvalue weighted by Crippen LogP contribution is -2.52. The second kappa shape index (κ2) is 11.4. The van der Waals surface area contributed by atoms with Crippen LogP contribution in [0, 0.1) is 0 Å². The van der Waals surface area contributed by atoms with E-state index in [1.165, 1.54) is 11.8 Å². The van der Waals surface area contributed by atoms with Gasteiger partial charge in [-0.25, -0.2) is 0 Å². The fourth-order valence-corrected chi connectivity index (χ4v) is 4.03. The summed E-state index contributed by atoms with van der Waals surface area (Å²) in [5, 5.41) is 3.57. The molecule has 0 saturated heterocycles. The number of hydrogen-bond donors (Lipinski definition) is 1. The van der Waals surface area contributed by atoms with Gasteiger partial charge in [-0.15, -0.1) is 11.8 Å². The third kappa shape index (κ3) is 8.46. The molecule has 0 spiro atoms. The summed E-state index contributed by atoms with van der Waals surface area (Å²) in [5.41, 5.74) is 1.62. The Bertz CT molecular complexity index is 881. The highest BCUT2D eigenvalue weighted by Gasteiger charge is 2.28. The molecule has 0 aliphatic rings. The van der Waals surface area contributed by atoms with Gasteiger partial charge in [-0.05, 0) is 63.1 Å². The van der Waals surface area contributed by atoms with E-state index < -0.39 is 6.04 Å². The Hall–Kier alpha value is -2.18. The maximum atomic E-state index is 13.1. The van der Waals surface area contributed by atoms with Crippen LogP contribution in [0.4, 0.5) is 0 Å². The molecule has 1 atom stereocenters. The van der Waals surface area contributed by atoms with E-state index in [1.54, 1.807) is 25.0 Å². The van der Waals surface area contributed by atoms with Gasteiger partial charge in [0.25, 0.3) is 0 Å². The maximum absolute atomic E-state index is 13.1. The minimum absolute atomic E-state index is 0.0879. The number of amides is 2. The topological polar surface area (TPSA) is 58.6 Å². The van der Waals surface area contributed by atoms with Crippen LogP contribution in [-0.2, 0) is 21.9 Å². The first-order valence-electron chi connectivity index (χ1n) is 10.2. The summed E-state index contributed by atoms with van der Waals surface area (Å²) in [6.45, 7) is 7.85. The Kier molecular flexibility index (Phi) is 9.26. The number of hydrogen-bond acceptors (Lipinski definition) is 4. The van der Waals surface area contributed by atoms with Gasteiger partial charge in [0.1, 0.15) is 11.8 Å². The second-order valence-corrected chi connectivity index (χ2v) is 9.83. The zero-order valence-corrected chi connectivity index (χ0v) is 20.3. The van der Waals surface area contributed by atoms with Crippen molar-refractivity contribution in [3.63, 3.8) is 0 Å². The van der Waals surface area contributed by atoms with Crippen molar-refractivity contribution in [1.82, 2.24) is 10.2 Å². The molecule has 7 heteroatoms. The standard InChI is InChI=1S/C24H31ClN2O3S/c1-17(23(29)26-24(2,3)4)27(14-19-7-6-8-20(25)13-19)22(28)16-31-15-18-9-11-21(30-5)12-10-18/h6-13,17H,14-16H2,1-5H3,(H,26,29). The number of nitrogens with one attached hydrogen (secondary N) is 1. The third-order valence-electron chi connectivity index (χ3n) is 4.56. The van der Waals surface area contributed by atoms with Gasteiger partial charge in [-0.2, -0.15) is 0 Å². The van der Waals surface area contributed by atoms with Gasteiger partial charge < -0.3 is 15.0 Å². The van der Waals surface area contributed by atoms with E-state index in [-0.39, 0.29) is 23.1 Å². The van der Waals surface area contributed by atoms with Gasteiger partial charge >= 0.3 is 0 Å². The molecular weight excluding hydrogens is 432 g/mol. The van der Waals surface area contributed by atoms with Crippen LogP contribution in [0.25, 0.3) is 0 Å². The molecule has 31 heavy (non-hydrogen) atoms.